The van der Waals surface area contributed by atoms with Crippen LogP contribution in [0.4, 0.5) is 0 Å². The average Bonchev–Trinajstić information content (AvgIpc) is 2.42. The molecule has 0 spiro atoms. The Bertz CT molecular complexity index is 517. The largest absolute Gasteiger partial charge is 0.492 e. The van der Waals surface area contributed by atoms with Crippen LogP contribution >= 0.6 is 11.6 Å². The number of ether oxygens (including phenoxy) is 2. The number of carbonyl (C=O) groups is 1. The molecule has 0 radical (unpaired) electrons. The molecule has 5 nitrogen and oxygen atoms in total. The monoisotopic (exact) mass is 315 g/mol. The molecular weight excluding hydrogens is 294 g/mol. The van der Waals surface area contributed by atoms with E-state index >= 15 is 0 Å². The normalized spacial score (nSPS) is 12.3. The predicted molar refractivity (Wildman–Crippen MR) is 82.4 cm³/mol. The Morgan fingerprint density at radius 2 is 1.90 bits per heavy atom. The zero-order chi connectivity index (χ0) is 16.2. The van der Waals surface area contributed by atoms with Gasteiger partial charge in [-0.15, -0.1) is 0 Å². The third-order valence-corrected chi connectivity index (χ3v) is 3.60. The molecule has 6 heteroatoms. The number of carboxylic acid groups (broad SMARTS) is 1. The Kier molecular flexibility index (Phi) is 6.30. The van der Waals surface area contributed by atoms with E-state index in [1.54, 1.807) is 13.2 Å². The van der Waals surface area contributed by atoms with Gasteiger partial charge in [0.2, 0.25) is 0 Å². The summed E-state index contributed by atoms with van der Waals surface area (Å²) in [6.07, 6.45) is 0.339. The lowest BCUT2D eigenvalue weighted by Crippen LogP contribution is -2.16. The zero-order valence-corrected chi connectivity index (χ0v) is 13.5. The van der Waals surface area contributed by atoms with Crippen LogP contribution in [0.5, 0.6) is 11.5 Å². The lowest BCUT2D eigenvalue weighted by molar-refractivity contribution is -0.137. The van der Waals surface area contributed by atoms with E-state index < -0.39 is 12.0 Å². The summed E-state index contributed by atoms with van der Waals surface area (Å²) in [6, 6.07) is 1.32. The van der Waals surface area contributed by atoms with Crippen molar-refractivity contribution in [3.63, 3.8) is 0 Å². The summed E-state index contributed by atoms with van der Waals surface area (Å²) in [4.78, 5) is 10.7. The Labute approximate surface area is 130 Å². The standard InChI is InChI=1S/C15H22ClNO4/c1-8(2)13-9(11(17)5-6-12(18)19)7-10(16)14(20-3)15(13)21-4/h7-8,11H,5-6,17H2,1-4H3,(H,18,19). The van der Waals surface area contributed by atoms with Gasteiger partial charge >= 0.3 is 5.97 Å². The molecule has 1 unspecified atom stereocenters. The van der Waals surface area contributed by atoms with Gasteiger partial charge in [0.25, 0.3) is 0 Å². The minimum Gasteiger partial charge on any atom is -0.492 e. The molecule has 118 valence electrons. The third kappa shape index (κ3) is 4.02. The van der Waals surface area contributed by atoms with Crippen molar-refractivity contribution in [2.75, 3.05) is 14.2 Å². The van der Waals surface area contributed by atoms with Crippen molar-refractivity contribution in [2.45, 2.75) is 38.6 Å². The van der Waals surface area contributed by atoms with Crippen LogP contribution in [0.3, 0.4) is 0 Å². The molecule has 0 amide bonds. The first kappa shape index (κ1) is 17.6. The molecule has 0 saturated carbocycles. The third-order valence-electron chi connectivity index (χ3n) is 3.32. The fourth-order valence-corrected chi connectivity index (χ4v) is 2.65. The summed E-state index contributed by atoms with van der Waals surface area (Å²) in [5.41, 5.74) is 7.85. The smallest absolute Gasteiger partial charge is 0.303 e. The Balaban J connectivity index is 3.36. The van der Waals surface area contributed by atoms with Crippen molar-refractivity contribution >= 4 is 17.6 Å². The minimum absolute atomic E-state index is 0.00463. The van der Waals surface area contributed by atoms with Crippen molar-refractivity contribution in [3.8, 4) is 11.5 Å². The van der Waals surface area contributed by atoms with Crippen LogP contribution in [-0.2, 0) is 4.79 Å². The maximum Gasteiger partial charge on any atom is 0.303 e. The summed E-state index contributed by atoms with van der Waals surface area (Å²) in [5.74, 6) is 0.290. The van der Waals surface area contributed by atoms with Crippen LogP contribution < -0.4 is 15.2 Å². The summed E-state index contributed by atoms with van der Waals surface area (Å²) in [5, 5.41) is 9.20. The van der Waals surface area contributed by atoms with Crippen LogP contribution in [0.1, 0.15) is 49.8 Å². The predicted octanol–water partition coefficient (Wildman–Crippen LogP) is 3.35. The molecule has 0 aromatic heterocycles. The quantitative estimate of drug-likeness (QED) is 0.806. The van der Waals surface area contributed by atoms with Crippen molar-refractivity contribution in [3.05, 3.63) is 22.2 Å². The number of hydrogen-bond acceptors (Lipinski definition) is 4. The van der Waals surface area contributed by atoms with Gasteiger partial charge in [0.1, 0.15) is 0 Å². The maximum absolute atomic E-state index is 10.7. The van der Waals surface area contributed by atoms with E-state index in [2.05, 4.69) is 0 Å². The van der Waals surface area contributed by atoms with Gasteiger partial charge in [-0.3, -0.25) is 4.79 Å². The van der Waals surface area contributed by atoms with E-state index in [1.165, 1.54) is 7.11 Å². The second kappa shape index (κ2) is 7.52. The molecule has 0 aliphatic carbocycles. The van der Waals surface area contributed by atoms with Crippen LogP contribution in [-0.4, -0.2) is 25.3 Å². The molecule has 3 N–H and O–H groups in total. The highest BCUT2D eigenvalue weighted by Gasteiger charge is 2.24. The molecule has 0 fully saturated rings. The highest BCUT2D eigenvalue weighted by molar-refractivity contribution is 6.32. The van der Waals surface area contributed by atoms with E-state index in [0.29, 0.717) is 22.9 Å². The SMILES string of the molecule is COc1c(Cl)cc(C(N)CCC(=O)O)c(C(C)C)c1OC. The van der Waals surface area contributed by atoms with Gasteiger partial charge < -0.3 is 20.3 Å². The molecular formula is C15H22ClNO4. The van der Waals surface area contributed by atoms with Crippen LogP contribution in [0, 0.1) is 0 Å². The molecule has 1 aromatic carbocycles. The summed E-state index contributed by atoms with van der Waals surface area (Å²) in [6.45, 7) is 4.03. The highest BCUT2D eigenvalue weighted by atomic mass is 35.5. The highest BCUT2D eigenvalue weighted by Crippen LogP contribution is 2.45. The summed E-state index contributed by atoms with van der Waals surface area (Å²) < 4.78 is 10.7. The Hall–Kier alpha value is -1.46. The van der Waals surface area contributed by atoms with Gasteiger partial charge in [-0.25, -0.2) is 0 Å². The fourth-order valence-electron chi connectivity index (χ4n) is 2.37. The number of aliphatic carboxylic acids is 1. The molecule has 0 aliphatic rings. The van der Waals surface area contributed by atoms with E-state index in [1.807, 2.05) is 13.8 Å². The molecule has 0 bridgehead atoms. The van der Waals surface area contributed by atoms with Gasteiger partial charge in [0.05, 0.1) is 19.2 Å². The number of halogens is 1. The fraction of sp³-hybridized carbons (Fsp3) is 0.533. The number of rotatable bonds is 7. The summed E-state index contributed by atoms with van der Waals surface area (Å²) in [7, 11) is 3.07. The molecule has 1 rings (SSSR count). The van der Waals surface area contributed by atoms with Crippen molar-refractivity contribution in [2.24, 2.45) is 5.73 Å². The number of carboxylic acids is 1. The number of hydrogen-bond donors (Lipinski definition) is 2. The molecule has 1 aromatic rings. The first-order valence-corrected chi connectivity index (χ1v) is 7.12. The van der Waals surface area contributed by atoms with E-state index in [9.17, 15) is 4.79 Å². The second-order valence-electron chi connectivity index (χ2n) is 5.12. The van der Waals surface area contributed by atoms with Gasteiger partial charge in [0.15, 0.2) is 11.5 Å². The van der Waals surface area contributed by atoms with Gasteiger partial charge in [-0.05, 0) is 24.0 Å². The first-order chi connectivity index (χ1) is 9.83. The number of benzene rings is 1. The number of methoxy groups -OCH3 is 2. The van der Waals surface area contributed by atoms with E-state index in [0.717, 1.165) is 11.1 Å². The lowest BCUT2D eigenvalue weighted by atomic mass is 9.90. The molecule has 0 aliphatic heterocycles. The minimum atomic E-state index is -0.872. The lowest BCUT2D eigenvalue weighted by Gasteiger charge is -2.23. The maximum atomic E-state index is 10.7. The zero-order valence-electron chi connectivity index (χ0n) is 12.8. The Morgan fingerprint density at radius 1 is 1.33 bits per heavy atom. The van der Waals surface area contributed by atoms with Crippen molar-refractivity contribution in [1.82, 2.24) is 0 Å². The summed E-state index contributed by atoms with van der Waals surface area (Å²) >= 11 is 6.22. The van der Waals surface area contributed by atoms with Crippen LogP contribution in [0.2, 0.25) is 5.02 Å². The van der Waals surface area contributed by atoms with Gasteiger partial charge in [0, 0.05) is 18.0 Å². The molecule has 1 atom stereocenters. The van der Waals surface area contributed by atoms with E-state index in [4.69, 9.17) is 31.9 Å². The molecule has 0 heterocycles. The average molecular weight is 316 g/mol. The molecule has 21 heavy (non-hydrogen) atoms. The Morgan fingerprint density at radius 3 is 2.33 bits per heavy atom. The first-order valence-electron chi connectivity index (χ1n) is 6.75. The van der Waals surface area contributed by atoms with Crippen LogP contribution in [0.15, 0.2) is 6.07 Å². The number of nitrogens with two attached hydrogens (primary N) is 1. The molecule has 0 saturated heterocycles. The van der Waals surface area contributed by atoms with Gasteiger partial charge in [-0.2, -0.15) is 0 Å². The van der Waals surface area contributed by atoms with E-state index in [-0.39, 0.29) is 12.3 Å². The van der Waals surface area contributed by atoms with Crippen LogP contribution in [0.25, 0.3) is 0 Å². The van der Waals surface area contributed by atoms with Crippen molar-refractivity contribution in [1.29, 1.82) is 0 Å². The van der Waals surface area contributed by atoms with Gasteiger partial charge in [-0.1, -0.05) is 25.4 Å². The second-order valence-corrected chi connectivity index (χ2v) is 5.53. The topological polar surface area (TPSA) is 81.8 Å². The van der Waals surface area contributed by atoms with Crippen molar-refractivity contribution < 1.29 is 19.4 Å².